The lowest BCUT2D eigenvalue weighted by Gasteiger charge is -2.25. The standard InChI is InChI=1S/C15H24O2/c1-7-15(4,5)12-8-13(16-6)10-14(9-12)17-11(2)3/h8-11H,7H2,1-6H3. The summed E-state index contributed by atoms with van der Waals surface area (Å²) in [5.74, 6) is 1.75. The minimum Gasteiger partial charge on any atom is -0.497 e. The molecule has 1 aromatic rings. The van der Waals surface area contributed by atoms with Crippen molar-refractivity contribution in [2.24, 2.45) is 0 Å². The molecule has 1 rings (SSSR count). The van der Waals surface area contributed by atoms with Crippen molar-refractivity contribution in [3.05, 3.63) is 23.8 Å². The van der Waals surface area contributed by atoms with Gasteiger partial charge < -0.3 is 9.47 Å². The van der Waals surface area contributed by atoms with Crippen LogP contribution in [-0.2, 0) is 5.41 Å². The summed E-state index contributed by atoms with van der Waals surface area (Å²) >= 11 is 0. The lowest BCUT2D eigenvalue weighted by Crippen LogP contribution is -2.16. The molecule has 0 saturated heterocycles. The highest BCUT2D eigenvalue weighted by Gasteiger charge is 2.20. The second-order valence-corrected chi connectivity index (χ2v) is 5.30. The molecule has 0 radical (unpaired) electrons. The molecule has 96 valence electrons. The van der Waals surface area contributed by atoms with E-state index in [-0.39, 0.29) is 11.5 Å². The quantitative estimate of drug-likeness (QED) is 0.764. The van der Waals surface area contributed by atoms with Crippen LogP contribution in [0.25, 0.3) is 0 Å². The Kier molecular flexibility index (Phi) is 4.44. The summed E-state index contributed by atoms with van der Waals surface area (Å²) in [4.78, 5) is 0. The smallest absolute Gasteiger partial charge is 0.123 e. The number of hydrogen-bond donors (Lipinski definition) is 0. The van der Waals surface area contributed by atoms with Crippen LogP contribution in [0, 0.1) is 0 Å². The normalized spacial score (nSPS) is 11.7. The van der Waals surface area contributed by atoms with Crippen LogP contribution in [0.4, 0.5) is 0 Å². The fourth-order valence-electron chi connectivity index (χ4n) is 1.62. The highest BCUT2D eigenvalue weighted by molar-refractivity contribution is 5.41. The van der Waals surface area contributed by atoms with Gasteiger partial charge in [0.1, 0.15) is 11.5 Å². The molecule has 0 fully saturated rings. The average molecular weight is 236 g/mol. The topological polar surface area (TPSA) is 18.5 Å². The van der Waals surface area contributed by atoms with Gasteiger partial charge in [-0.15, -0.1) is 0 Å². The van der Waals surface area contributed by atoms with Crippen molar-refractivity contribution >= 4 is 0 Å². The molecule has 2 nitrogen and oxygen atoms in total. The van der Waals surface area contributed by atoms with Gasteiger partial charge in [-0.25, -0.2) is 0 Å². The predicted molar refractivity (Wildman–Crippen MR) is 72.1 cm³/mol. The highest BCUT2D eigenvalue weighted by atomic mass is 16.5. The van der Waals surface area contributed by atoms with Gasteiger partial charge in [-0.3, -0.25) is 0 Å². The summed E-state index contributed by atoms with van der Waals surface area (Å²) in [5, 5.41) is 0. The van der Waals surface area contributed by atoms with Crippen LogP contribution in [0.1, 0.15) is 46.6 Å². The van der Waals surface area contributed by atoms with E-state index in [2.05, 4.69) is 32.9 Å². The van der Waals surface area contributed by atoms with E-state index in [1.54, 1.807) is 7.11 Å². The fraction of sp³-hybridized carbons (Fsp3) is 0.600. The lowest BCUT2D eigenvalue weighted by molar-refractivity contribution is 0.240. The predicted octanol–water partition coefficient (Wildman–Crippen LogP) is 4.17. The van der Waals surface area contributed by atoms with E-state index in [4.69, 9.17) is 9.47 Å². The summed E-state index contributed by atoms with van der Waals surface area (Å²) in [6.45, 7) is 10.7. The summed E-state index contributed by atoms with van der Waals surface area (Å²) in [6, 6.07) is 6.15. The zero-order chi connectivity index (χ0) is 13.1. The molecule has 17 heavy (non-hydrogen) atoms. The van der Waals surface area contributed by atoms with Crippen molar-refractivity contribution in [3.8, 4) is 11.5 Å². The maximum atomic E-state index is 5.76. The minimum absolute atomic E-state index is 0.142. The molecule has 0 saturated carbocycles. The number of methoxy groups -OCH3 is 1. The minimum atomic E-state index is 0.142. The summed E-state index contributed by atoms with van der Waals surface area (Å²) in [7, 11) is 1.69. The zero-order valence-electron chi connectivity index (χ0n) is 11.8. The van der Waals surface area contributed by atoms with Gasteiger partial charge >= 0.3 is 0 Å². The molecule has 1 aromatic carbocycles. The maximum absolute atomic E-state index is 5.76. The second-order valence-electron chi connectivity index (χ2n) is 5.30. The van der Waals surface area contributed by atoms with E-state index < -0.39 is 0 Å². The zero-order valence-corrected chi connectivity index (χ0v) is 11.8. The molecule has 0 aliphatic heterocycles. The van der Waals surface area contributed by atoms with E-state index in [0.29, 0.717) is 0 Å². The van der Waals surface area contributed by atoms with Crippen molar-refractivity contribution in [2.75, 3.05) is 7.11 Å². The van der Waals surface area contributed by atoms with E-state index in [9.17, 15) is 0 Å². The van der Waals surface area contributed by atoms with Crippen molar-refractivity contribution in [2.45, 2.75) is 52.6 Å². The molecule has 0 aliphatic rings. The van der Waals surface area contributed by atoms with Crippen LogP contribution in [0.2, 0.25) is 0 Å². The summed E-state index contributed by atoms with van der Waals surface area (Å²) in [5.41, 5.74) is 1.40. The molecule has 0 aromatic heterocycles. The Labute approximate surface area is 105 Å². The van der Waals surface area contributed by atoms with Gasteiger partial charge in [0.2, 0.25) is 0 Å². The van der Waals surface area contributed by atoms with Crippen LogP contribution >= 0.6 is 0 Å². The molecule has 0 N–H and O–H groups in total. The Hall–Kier alpha value is -1.18. The van der Waals surface area contributed by atoms with Gasteiger partial charge in [0, 0.05) is 6.07 Å². The largest absolute Gasteiger partial charge is 0.497 e. The average Bonchev–Trinajstić information content (AvgIpc) is 2.27. The van der Waals surface area contributed by atoms with E-state index in [1.165, 1.54) is 5.56 Å². The first-order valence-corrected chi connectivity index (χ1v) is 6.25. The SMILES string of the molecule is CCC(C)(C)c1cc(OC)cc(OC(C)C)c1. The number of hydrogen-bond acceptors (Lipinski definition) is 2. The van der Waals surface area contributed by atoms with Gasteiger partial charge in [0.05, 0.1) is 13.2 Å². The molecule has 0 spiro atoms. The van der Waals surface area contributed by atoms with Crippen LogP contribution in [-0.4, -0.2) is 13.2 Å². The third-order valence-electron chi connectivity index (χ3n) is 3.15. The van der Waals surface area contributed by atoms with Gasteiger partial charge in [-0.05, 0) is 43.4 Å². The van der Waals surface area contributed by atoms with E-state index in [0.717, 1.165) is 17.9 Å². The van der Waals surface area contributed by atoms with Gasteiger partial charge in [-0.1, -0.05) is 20.8 Å². The van der Waals surface area contributed by atoms with Crippen molar-refractivity contribution in [1.29, 1.82) is 0 Å². The molecule has 0 atom stereocenters. The molecule has 0 heterocycles. The second kappa shape index (κ2) is 5.44. The van der Waals surface area contributed by atoms with Crippen molar-refractivity contribution in [3.63, 3.8) is 0 Å². The van der Waals surface area contributed by atoms with Gasteiger partial charge in [0.25, 0.3) is 0 Å². The van der Waals surface area contributed by atoms with Crippen LogP contribution in [0.15, 0.2) is 18.2 Å². The molecule has 0 unspecified atom stereocenters. The van der Waals surface area contributed by atoms with E-state index >= 15 is 0 Å². The monoisotopic (exact) mass is 236 g/mol. The summed E-state index contributed by atoms with van der Waals surface area (Å²) < 4.78 is 11.1. The van der Waals surface area contributed by atoms with Crippen molar-refractivity contribution < 1.29 is 9.47 Å². The molecule has 2 heteroatoms. The number of benzene rings is 1. The molecule has 0 aliphatic carbocycles. The maximum Gasteiger partial charge on any atom is 0.123 e. The molecule has 0 amide bonds. The van der Waals surface area contributed by atoms with Crippen molar-refractivity contribution in [1.82, 2.24) is 0 Å². The molecule has 0 bridgehead atoms. The third-order valence-corrected chi connectivity index (χ3v) is 3.15. The molecular weight excluding hydrogens is 212 g/mol. The first kappa shape index (κ1) is 13.9. The Morgan fingerprint density at radius 3 is 2.18 bits per heavy atom. The van der Waals surface area contributed by atoms with Crippen LogP contribution < -0.4 is 9.47 Å². The highest BCUT2D eigenvalue weighted by Crippen LogP contribution is 2.33. The Morgan fingerprint density at radius 1 is 1.12 bits per heavy atom. The third kappa shape index (κ3) is 3.65. The first-order valence-electron chi connectivity index (χ1n) is 6.25. The Balaban J connectivity index is 3.13. The Bertz CT molecular complexity index is 367. The van der Waals surface area contributed by atoms with Gasteiger partial charge in [-0.2, -0.15) is 0 Å². The Morgan fingerprint density at radius 2 is 1.71 bits per heavy atom. The van der Waals surface area contributed by atoms with E-state index in [1.807, 2.05) is 19.9 Å². The lowest BCUT2D eigenvalue weighted by atomic mass is 9.82. The number of rotatable bonds is 5. The number of ether oxygens (including phenoxy) is 2. The van der Waals surface area contributed by atoms with Crippen LogP contribution in [0.5, 0.6) is 11.5 Å². The fourth-order valence-corrected chi connectivity index (χ4v) is 1.62. The van der Waals surface area contributed by atoms with Crippen LogP contribution in [0.3, 0.4) is 0 Å². The molecular formula is C15H24O2. The first-order chi connectivity index (χ1) is 7.89. The van der Waals surface area contributed by atoms with Gasteiger partial charge in [0.15, 0.2) is 0 Å². The summed E-state index contributed by atoms with van der Waals surface area (Å²) in [6.07, 6.45) is 1.26.